The molecule has 0 fully saturated rings. The van der Waals surface area contributed by atoms with Gasteiger partial charge in [-0.2, -0.15) is 0 Å². The first-order valence-electron chi connectivity index (χ1n) is 7.65. The molecule has 0 radical (unpaired) electrons. The lowest BCUT2D eigenvalue weighted by atomic mass is 10.3. The molecule has 0 aliphatic carbocycles. The second-order valence-corrected chi connectivity index (χ2v) is 6.12. The van der Waals surface area contributed by atoms with Gasteiger partial charge in [-0.1, -0.05) is 37.3 Å². The lowest BCUT2D eigenvalue weighted by Gasteiger charge is -2.07. The lowest BCUT2D eigenvalue weighted by molar-refractivity contribution is -0.134. The number of aromatic nitrogens is 1. The number of benzene rings is 1. The molecule has 7 heteroatoms. The topological polar surface area (TPSA) is 69.9 Å². The van der Waals surface area contributed by atoms with Crippen LogP contribution < -0.4 is 14.3 Å². The number of hydrogen-bond acceptors (Lipinski definition) is 6. The van der Waals surface area contributed by atoms with Crippen LogP contribution in [0.4, 0.5) is 5.69 Å². The Morgan fingerprint density at radius 1 is 1.21 bits per heavy atom. The number of aryl methyl sites for hydroxylation is 1. The average Bonchev–Trinajstić information content (AvgIpc) is 2.89. The molecule has 0 N–H and O–H groups in total. The number of nitrogens with zero attached hydrogens (tertiary/aromatic N) is 2. The largest absolute Gasteiger partial charge is 0.494 e. The third-order valence-electron chi connectivity index (χ3n) is 3.29. The quantitative estimate of drug-likeness (QED) is 0.776. The van der Waals surface area contributed by atoms with E-state index in [9.17, 15) is 9.59 Å². The maximum absolute atomic E-state index is 12.4. The number of carbonyl (C=O) groups excluding carboxylic acids is 2. The van der Waals surface area contributed by atoms with Crippen LogP contribution in [-0.4, -0.2) is 23.6 Å². The predicted octanol–water partition coefficient (Wildman–Crippen LogP) is 3.46. The van der Waals surface area contributed by atoms with Gasteiger partial charge in [0.25, 0.3) is 0 Å². The Balaban J connectivity index is 2.65. The number of thiazole rings is 1. The van der Waals surface area contributed by atoms with E-state index in [4.69, 9.17) is 9.47 Å². The predicted molar refractivity (Wildman–Crippen MR) is 92.1 cm³/mol. The van der Waals surface area contributed by atoms with Crippen molar-refractivity contribution >= 4 is 28.9 Å². The van der Waals surface area contributed by atoms with Crippen molar-refractivity contribution in [2.24, 2.45) is 4.99 Å². The lowest BCUT2D eigenvalue weighted by Crippen LogP contribution is -2.24. The van der Waals surface area contributed by atoms with Crippen molar-refractivity contribution < 1.29 is 19.1 Å². The molecule has 1 aromatic heterocycles. The summed E-state index contributed by atoms with van der Waals surface area (Å²) in [4.78, 5) is 29.7. The van der Waals surface area contributed by atoms with E-state index < -0.39 is 5.97 Å². The van der Waals surface area contributed by atoms with Crippen LogP contribution in [0.1, 0.15) is 36.4 Å². The highest BCUT2D eigenvalue weighted by molar-refractivity contribution is 7.09. The van der Waals surface area contributed by atoms with Crippen molar-refractivity contribution in [2.45, 2.75) is 33.6 Å². The summed E-state index contributed by atoms with van der Waals surface area (Å²) in [5.74, 6) is 0.266. The van der Waals surface area contributed by atoms with E-state index in [-0.39, 0.29) is 24.6 Å². The van der Waals surface area contributed by atoms with Gasteiger partial charge in [0.05, 0.1) is 12.0 Å². The third-order valence-corrected chi connectivity index (χ3v) is 4.23. The summed E-state index contributed by atoms with van der Waals surface area (Å²) in [5.41, 5.74) is 0.604. The Kier molecular flexibility index (Phi) is 5.92. The van der Waals surface area contributed by atoms with E-state index in [1.54, 1.807) is 40.0 Å². The Morgan fingerprint density at radius 3 is 2.54 bits per heavy atom. The van der Waals surface area contributed by atoms with Gasteiger partial charge in [-0.15, -0.1) is 0 Å². The van der Waals surface area contributed by atoms with Gasteiger partial charge in [-0.05, 0) is 19.1 Å². The minimum absolute atomic E-state index is 0.188. The summed E-state index contributed by atoms with van der Waals surface area (Å²) in [6.45, 7) is 5.25. The van der Waals surface area contributed by atoms with Crippen LogP contribution in [-0.2, 0) is 4.79 Å². The molecule has 1 aromatic carbocycles. The zero-order chi connectivity index (χ0) is 17.7. The molecule has 2 rings (SSSR count). The summed E-state index contributed by atoms with van der Waals surface area (Å²) >= 11 is 1.29. The van der Waals surface area contributed by atoms with Crippen LogP contribution in [0.3, 0.4) is 0 Å². The number of carbonyl (C=O) groups is 2. The Hall–Kier alpha value is -2.41. The molecular formula is C17H20N2O4S. The van der Waals surface area contributed by atoms with Crippen molar-refractivity contribution in [3.63, 3.8) is 0 Å². The summed E-state index contributed by atoms with van der Waals surface area (Å²) in [6.07, 6.45) is 0.501. The van der Waals surface area contributed by atoms with Crippen molar-refractivity contribution in [1.29, 1.82) is 0 Å². The molecule has 2 aromatic rings. The van der Waals surface area contributed by atoms with E-state index in [1.165, 1.54) is 15.9 Å². The third kappa shape index (κ3) is 3.73. The maximum Gasteiger partial charge on any atom is 0.312 e. The summed E-state index contributed by atoms with van der Waals surface area (Å²) in [6, 6.07) is 7.28. The fourth-order valence-corrected chi connectivity index (χ4v) is 2.96. The second kappa shape index (κ2) is 7.92. The monoisotopic (exact) mass is 348 g/mol. The minimum Gasteiger partial charge on any atom is -0.494 e. The van der Waals surface area contributed by atoms with E-state index in [2.05, 4.69) is 4.99 Å². The highest BCUT2D eigenvalue weighted by atomic mass is 32.1. The van der Waals surface area contributed by atoms with Crippen LogP contribution >= 0.6 is 11.3 Å². The van der Waals surface area contributed by atoms with Crippen LogP contribution in [0.5, 0.6) is 11.6 Å². The minimum atomic E-state index is -0.391. The summed E-state index contributed by atoms with van der Waals surface area (Å²) in [5, 5.41) is 0. The van der Waals surface area contributed by atoms with Crippen molar-refractivity contribution in [2.75, 3.05) is 7.11 Å². The van der Waals surface area contributed by atoms with E-state index in [0.717, 1.165) is 0 Å². The molecular weight excluding hydrogens is 328 g/mol. The second-order valence-electron chi connectivity index (χ2n) is 4.94. The molecule has 6 nitrogen and oxygen atoms in total. The number of methoxy groups -OCH3 is 1. The first-order valence-corrected chi connectivity index (χ1v) is 8.47. The molecule has 0 saturated heterocycles. The molecule has 0 bridgehead atoms. The number of esters is 1. The smallest absolute Gasteiger partial charge is 0.312 e. The highest BCUT2D eigenvalue weighted by Crippen LogP contribution is 2.27. The standard InChI is InChI=1S/C17H20N2O4S/c1-5-14(20)19-16(23-15(21)6-2)11(3)24-17(19)18-12-9-7-8-10-13(12)22-4/h7-10H,5-6H2,1-4H3. The summed E-state index contributed by atoms with van der Waals surface area (Å²) in [7, 11) is 1.56. The normalized spacial score (nSPS) is 11.4. The van der Waals surface area contributed by atoms with Gasteiger partial charge in [0.1, 0.15) is 11.4 Å². The zero-order valence-electron chi connectivity index (χ0n) is 14.2. The molecule has 0 aliphatic rings. The average molecular weight is 348 g/mol. The van der Waals surface area contributed by atoms with Gasteiger partial charge in [-0.25, -0.2) is 9.56 Å². The molecule has 24 heavy (non-hydrogen) atoms. The Labute approximate surface area is 144 Å². The first-order chi connectivity index (χ1) is 11.5. The van der Waals surface area contributed by atoms with Crippen molar-refractivity contribution in [3.8, 4) is 11.6 Å². The van der Waals surface area contributed by atoms with Crippen molar-refractivity contribution in [1.82, 2.24) is 4.57 Å². The van der Waals surface area contributed by atoms with E-state index >= 15 is 0 Å². The van der Waals surface area contributed by atoms with Crippen LogP contribution in [0.15, 0.2) is 29.3 Å². The first kappa shape index (κ1) is 17.9. The van der Waals surface area contributed by atoms with Gasteiger partial charge in [0.15, 0.2) is 4.80 Å². The number of rotatable bonds is 5. The maximum atomic E-state index is 12.4. The fraction of sp³-hybridized carbons (Fsp3) is 0.353. The van der Waals surface area contributed by atoms with E-state index in [1.807, 2.05) is 12.1 Å². The molecule has 0 atom stereocenters. The van der Waals surface area contributed by atoms with Crippen LogP contribution in [0.25, 0.3) is 0 Å². The highest BCUT2D eigenvalue weighted by Gasteiger charge is 2.19. The van der Waals surface area contributed by atoms with E-state index in [0.29, 0.717) is 21.1 Å². The molecule has 128 valence electrons. The van der Waals surface area contributed by atoms with Gasteiger partial charge < -0.3 is 9.47 Å². The molecule has 1 heterocycles. The molecule has 0 spiro atoms. The molecule has 0 saturated carbocycles. The number of para-hydroxylation sites is 2. The van der Waals surface area contributed by atoms with Gasteiger partial charge in [0, 0.05) is 12.8 Å². The van der Waals surface area contributed by atoms with Crippen LogP contribution in [0, 0.1) is 6.92 Å². The Morgan fingerprint density at radius 2 is 1.92 bits per heavy atom. The number of ether oxygens (including phenoxy) is 2. The van der Waals surface area contributed by atoms with Gasteiger partial charge in [0.2, 0.25) is 11.8 Å². The van der Waals surface area contributed by atoms with Crippen LogP contribution in [0.2, 0.25) is 0 Å². The molecule has 0 unspecified atom stereocenters. The zero-order valence-corrected chi connectivity index (χ0v) is 15.0. The Bertz CT molecular complexity index is 820. The number of hydrogen-bond donors (Lipinski definition) is 0. The molecule has 0 aliphatic heterocycles. The van der Waals surface area contributed by atoms with Gasteiger partial charge in [-0.3, -0.25) is 9.59 Å². The molecule has 0 amide bonds. The van der Waals surface area contributed by atoms with Gasteiger partial charge >= 0.3 is 5.97 Å². The SMILES string of the molecule is CCC(=O)Oc1c(C)sc(=Nc2ccccc2OC)n1C(=O)CC. The van der Waals surface area contributed by atoms with Crippen molar-refractivity contribution in [3.05, 3.63) is 33.9 Å². The summed E-state index contributed by atoms with van der Waals surface area (Å²) < 4.78 is 12.0. The fourth-order valence-electron chi connectivity index (χ4n) is 2.04.